The van der Waals surface area contributed by atoms with E-state index in [9.17, 15) is 45.6 Å². The Morgan fingerprint density at radius 1 is 0.419 bits per heavy atom. The van der Waals surface area contributed by atoms with Gasteiger partial charge in [-0.1, -0.05) is 287 Å². The summed E-state index contributed by atoms with van der Waals surface area (Å²) >= 11 is 0. The van der Waals surface area contributed by atoms with Crippen LogP contribution in [0.2, 0.25) is 0 Å². The number of carbonyl (C=O) groups excluding carboxylic acids is 1. The van der Waals surface area contributed by atoms with Gasteiger partial charge in [0.1, 0.15) is 48.8 Å². The second-order valence-electron chi connectivity index (χ2n) is 25.4. The maximum Gasteiger partial charge on any atom is 0.220 e. The molecule has 0 radical (unpaired) electrons. The van der Waals surface area contributed by atoms with E-state index < -0.39 is 86.8 Å². The molecule has 0 bridgehead atoms. The van der Waals surface area contributed by atoms with Gasteiger partial charge in [0.05, 0.1) is 32.0 Å². The first-order valence-electron chi connectivity index (χ1n) is 35.9. The molecule has 2 heterocycles. The number of nitrogens with one attached hydrogen (secondary N) is 1. The molecule has 0 spiro atoms. The maximum absolute atomic E-state index is 13.3. The Morgan fingerprint density at radius 3 is 1.21 bits per heavy atom. The van der Waals surface area contributed by atoms with Crippen LogP contribution in [0.25, 0.3) is 0 Å². The topological polar surface area (TPSA) is 228 Å². The molecule has 504 valence electrons. The monoisotopic (exact) mass is 1220 g/mol. The summed E-state index contributed by atoms with van der Waals surface area (Å²) in [4.78, 5) is 13.3. The van der Waals surface area contributed by atoms with Crippen LogP contribution in [0.3, 0.4) is 0 Å². The van der Waals surface area contributed by atoms with E-state index in [1.54, 1.807) is 6.08 Å². The fourth-order valence-corrected chi connectivity index (χ4v) is 11.8. The van der Waals surface area contributed by atoms with Crippen LogP contribution in [-0.4, -0.2) is 140 Å². The summed E-state index contributed by atoms with van der Waals surface area (Å²) in [5.74, 6) is -0.248. The lowest BCUT2D eigenvalue weighted by Gasteiger charge is -2.46. The summed E-state index contributed by atoms with van der Waals surface area (Å²) in [6.45, 7) is 2.81. The minimum absolute atomic E-state index is 0.248. The standard InChI is InChI=1S/C72H133NO13/c1-3-5-7-9-11-13-15-17-19-21-23-25-27-28-29-30-31-32-34-35-37-39-41-43-45-47-49-51-53-55-61(76)60(59-83-71-69(82)67(80)70(63(58-75)85-71)86-72-68(81)66(79)65(78)62(57-74)84-72)73-64(77)56-54-52-50-48-46-44-42-40-38-36-33-26-24-22-20-18-16-14-12-10-8-6-4-2/h16,18,22,24,45,47,53,55,60-63,65-72,74-76,78-82H,3-15,17,19-21,23,25-44,46,48-52,54,56-59H2,1-2H3,(H,73,77)/b18-16-,24-22-,47-45+,55-53+. The number of aliphatic hydroxyl groups is 8. The molecule has 0 aromatic rings. The van der Waals surface area contributed by atoms with E-state index in [-0.39, 0.29) is 18.9 Å². The molecule has 2 saturated heterocycles. The van der Waals surface area contributed by atoms with Crippen LogP contribution in [0.5, 0.6) is 0 Å². The van der Waals surface area contributed by atoms with Crippen LogP contribution < -0.4 is 5.32 Å². The Morgan fingerprint density at radius 2 is 0.779 bits per heavy atom. The minimum Gasteiger partial charge on any atom is -0.394 e. The predicted molar refractivity (Wildman–Crippen MR) is 351 cm³/mol. The SMILES string of the molecule is CCCCCCC/C=C\C/C=C\CCCCCCCCCCCCCC(=O)NC(COC1OC(CO)C(OC2OC(CO)C(O)C(O)C2O)C(O)C1O)C(O)/C=C/CC/C=C/CCCCCCCCCCCCCCCCCCCCCCCCC. The van der Waals surface area contributed by atoms with Gasteiger partial charge in [-0.2, -0.15) is 0 Å². The number of ether oxygens (including phenoxy) is 4. The number of rotatable bonds is 59. The lowest BCUT2D eigenvalue weighted by atomic mass is 9.97. The lowest BCUT2D eigenvalue weighted by molar-refractivity contribution is -0.359. The molecular weight excluding hydrogens is 1090 g/mol. The van der Waals surface area contributed by atoms with Crippen molar-refractivity contribution in [3.8, 4) is 0 Å². The van der Waals surface area contributed by atoms with Crippen molar-refractivity contribution in [1.29, 1.82) is 0 Å². The van der Waals surface area contributed by atoms with Crippen LogP contribution in [0.4, 0.5) is 0 Å². The molecule has 12 atom stereocenters. The first-order valence-corrected chi connectivity index (χ1v) is 35.9. The van der Waals surface area contributed by atoms with Crippen molar-refractivity contribution in [1.82, 2.24) is 5.32 Å². The maximum atomic E-state index is 13.3. The van der Waals surface area contributed by atoms with Gasteiger partial charge in [-0.15, -0.1) is 0 Å². The Hall–Kier alpha value is -2.05. The Balaban J connectivity index is 1.69. The molecule has 2 aliphatic rings. The zero-order valence-electron chi connectivity index (χ0n) is 54.8. The normalized spacial score (nSPS) is 23.7. The molecule has 0 aromatic heterocycles. The Kier molecular flexibility index (Phi) is 53.0. The van der Waals surface area contributed by atoms with Gasteiger partial charge in [0.15, 0.2) is 12.6 Å². The quantitative estimate of drug-likeness (QED) is 0.0204. The summed E-state index contributed by atoms with van der Waals surface area (Å²) in [5, 5.41) is 87.4. The molecular formula is C72H133NO13. The lowest BCUT2D eigenvalue weighted by Crippen LogP contribution is -2.65. The fourth-order valence-electron chi connectivity index (χ4n) is 11.8. The van der Waals surface area contributed by atoms with Crippen LogP contribution in [0.1, 0.15) is 309 Å². The number of unbranched alkanes of at least 4 members (excludes halogenated alkanes) is 40. The molecule has 14 heteroatoms. The largest absolute Gasteiger partial charge is 0.394 e. The van der Waals surface area contributed by atoms with Crippen molar-refractivity contribution < 1.29 is 64.6 Å². The molecule has 14 nitrogen and oxygen atoms in total. The zero-order chi connectivity index (χ0) is 62.3. The summed E-state index contributed by atoms with van der Waals surface area (Å²) in [5.41, 5.74) is 0. The highest BCUT2D eigenvalue weighted by Gasteiger charge is 2.51. The summed E-state index contributed by atoms with van der Waals surface area (Å²) < 4.78 is 22.8. The number of amides is 1. The average molecular weight is 1220 g/mol. The van der Waals surface area contributed by atoms with Crippen LogP contribution in [-0.2, 0) is 23.7 Å². The van der Waals surface area contributed by atoms with Gasteiger partial charge in [0.25, 0.3) is 0 Å². The number of hydrogen-bond donors (Lipinski definition) is 9. The fraction of sp³-hybridized carbons (Fsp3) is 0.875. The number of hydrogen-bond acceptors (Lipinski definition) is 13. The highest BCUT2D eigenvalue weighted by Crippen LogP contribution is 2.30. The van der Waals surface area contributed by atoms with E-state index in [0.717, 1.165) is 38.5 Å². The predicted octanol–water partition coefficient (Wildman–Crippen LogP) is 14.7. The molecule has 86 heavy (non-hydrogen) atoms. The summed E-state index contributed by atoms with van der Waals surface area (Å²) in [6.07, 6.45) is 57.4. The van der Waals surface area contributed by atoms with Crippen molar-refractivity contribution in [2.45, 2.75) is 383 Å². The number of carbonyl (C=O) groups is 1. The zero-order valence-corrected chi connectivity index (χ0v) is 54.8. The van der Waals surface area contributed by atoms with Crippen LogP contribution in [0, 0.1) is 0 Å². The van der Waals surface area contributed by atoms with Crippen LogP contribution in [0.15, 0.2) is 48.6 Å². The molecule has 1 amide bonds. The molecule has 0 saturated carbocycles. The highest BCUT2D eigenvalue weighted by atomic mass is 16.7. The van der Waals surface area contributed by atoms with E-state index in [0.29, 0.717) is 12.8 Å². The molecule has 9 N–H and O–H groups in total. The van der Waals surface area contributed by atoms with E-state index >= 15 is 0 Å². The van der Waals surface area contributed by atoms with Gasteiger partial charge >= 0.3 is 0 Å². The smallest absolute Gasteiger partial charge is 0.220 e. The van der Waals surface area contributed by atoms with Crippen molar-refractivity contribution in [2.24, 2.45) is 0 Å². The Bertz CT molecular complexity index is 1630. The second kappa shape index (κ2) is 56.9. The molecule has 0 aromatic carbocycles. The van der Waals surface area contributed by atoms with Gasteiger partial charge in [-0.25, -0.2) is 0 Å². The third-order valence-corrected chi connectivity index (χ3v) is 17.5. The van der Waals surface area contributed by atoms with Gasteiger partial charge < -0.3 is 65.1 Å². The van der Waals surface area contributed by atoms with Gasteiger partial charge in [0, 0.05) is 6.42 Å². The summed E-state index contributed by atoms with van der Waals surface area (Å²) in [6, 6.07) is -0.935. The second-order valence-corrected chi connectivity index (χ2v) is 25.4. The van der Waals surface area contributed by atoms with E-state index in [1.807, 2.05) is 6.08 Å². The average Bonchev–Trinajstić information content (AvgIpc) is 2.54. The van der Waals surface area contributed by atoms with Crippen molar-refractivity contribution in [3.05, 3.63) is 48.6 Å². The molecule has 2 rings (SSSR count). The first-order chi connectivity index (χ1) is 42.1. The number of aliphatic hydroxyl groups excluding tert-OH is 8. The molecule has 12 unspecified atom stereocenters. The van der Waals surface area contributed by atoms with Crippen LogP contribution >= 0.6 is 0 Å². The number of allylic oxidation sites excluding steroid dienone is 7. The van der Waals surface area contributed by atoms with Crippen molar-refractivity contribution in [2.75, 3.05) is 19.8 Å². The van der Waals surface area contributed by atoms with E-state index in [2.05, 4.69) is 55.6 Å². The van der Waals surface area contributed by atoms with Gasteiger partial charge in [0.2, 0.25) is 5.91 Å². The summed E-state index contributed by atoms with van der Waals surface area (Å²) in [7, 11) is 0. The Labute approximate surface area is 524 Å². The minimum atomic E-state index is -1.79. The van der Waals surface area contributed by atoms with Crippen molar-refractivity contribution in [3.63, 3.8) is 0 Å². The van der Waals surface area contributed by atoms with E-state index in [4.69, 9.17) is 18.9 Å². The molecule has 2 aliphatic heterocycles. The third kappa shape index (κ3) is 40.6. The first kappa shape index (κ1) is 80.0. The van der Waals surface area contributed by atoms with Gasteiger partial charge in [-0.05, 0) is 64.2 Å². The molecule has 2 fully saturated rings. The molecule has 0 aliphatic carbocycles. The third-order valence-electron chi connectivity index (χ3n) is 17.5. The highest BCUT2D eigenvalue weighted by molar-refractivity contribution is 5.76. The van der Waals surface area contributed by atoms with Crippen molar-refractivity contribution >= 4 is 5.91 Å². The van der Waals surface area contributed by atoms with E-state index in [1.165, 1.54) is 238 Å². The van der Waals surface area contributed by atoms with Gasteiger partial charge in [-0.3, -0.25) is 4.79 Å².